The van der Waals surface area contributed by atoms with Gasteiger partial charge in [-0.25, -0.2) is 8.42 Å². The minimum Gasteiger partial charge on any atom is -0.384 e. The van der Waals surface area contributed by atoms with E-state index in [0.29, 0.717) is 6.54 Å². The second-order valence-electron chi connectivity index (χ2n) is 4.45. The second-order valence-corrected chi connectivity index (χ2v) is 7.72. The molecular formula is C13H17NO4S2. The molecule has 0 radical (unpaired) electrons. The van der Waals surface area contributed by atoms with Gasteiger partial charge in [0.15, 0.2) is 9.84 Å². The lowest BCUT2D eigenvalue weighted by molar-refractivity contribution is -0.129. The zero-order valence-electron chi connectivity index (χ0n) is 11.6. The molecule has 1 aromatic rings. The van der Waals surface area contributed by atoms with Gasteiger partial charge in [-0.05, 0) is 23.9 Å². The molecule has 1 atom stereocenters. The molecule has 0 saturated carbocycles. The van der Waals surface area contributed by atoms with E-state index in [2.05, 4.69) is 11.8 Å². The summed E-state index contributed by atoms with van der Waals surface area (Å²) in [5.74, 6) is 4.90. The lowest BCUT2D eigenvalue weighted by Crippen LogP contribution is -2.38. The van der Waals surface area contributed by atoms with Crippen LogP contribution >= 0.6 is 11.3 Å². The van der Waals surface area contributed by atoms with Crippen LogP contribution in [0.3, 0.4) is 0 Å². The zero-order chi connectivity index (χ0) is 15.3. The predicted octanol–water partition coefficient (Wildman–Crippen LogP) is 0.483. The standard InChI is InChI=1S/C13H17NO4S2/c1-10(20(3,17)18)13(16)14(2)8-11-7-12(19-9-11)5-4-6-15/h7,9-10,15H,6,8H2,1-3H3. The Bertz CT molecular complexity index is 637. The fourth-order valence-electron chi connectivity index (χ4n) is 1.50. The highest BCUT2D eigenvalue weighted by molar-refractivity contribution is 7.92. The monoisotopic (exact) mass is 315 g/mol. The van der Waals surface area contributed by atoms with Crippen molar-refractivity contribution in [2.45, 2.75) is 18.7 Å². The number of rotatable bonds is 4. The Morgan fingerprint density at radius 3 is 2.75 bits per heavy atom. The molecule has 5 nitrogen and oxygen atoms in total. The summed E-state index contributed by atoms with van der Waals surface area (Å²) in [5.41, 5.74) is 0.883. The molecule has 1 rings (SSSR count). The van der Waals surface area contributed by atoms with Gasteiger partial charge in [-0.2, -0.15) is 0 Å². The molecule has 1 unspecified atom stereocenters. The third-order valence-electron chi connectivity index (χ3n) is 2.73. The highest BCUT2D eigenvalue weighted by atomic mass is 32.2. The first-order chi connectivity index (χ1) is 9.25. The van der Waals surface area contributed by atoms with Gasteiger partial charge in [-0.3, -0.25) is 4.79 Å². The Morgan fingerprint density at radius 1 is 1.55 bits per heavy atom. The number of sulfone groups is 1. The molecule has 0 aromatic carbocycles. The Balaban J connectivity index is 2.73. The summed E-state index contributed by atoms with van der Waals surface area (Å²) in [6.07, 6.45) is 1.05. The van der Waals surface area contributed by atoms with Crippen LogP contribution in [0, 0.1) is 11.8 Å². The minimum atomic E-state index is -3.38. The molecule has 1 aromatic heterocycles. The molecule has 0 aliphatic carbocycles. The van der Waals surface area contributed by atoms with Crippen LogP contribution in [0.2, 0.25) is 0 Å². The van der Waals surface area contributed by atoms with Gasteiger partial charge >= 0.3 is 0 Å². The van der Waals surface area contributed by atoms with E-state index in [1.165, 1.54) is 23.2 Å². The van der Waals surface area contributed by atoms with Gasteiger partial charge < -0.3 is 10.0 Å². The van der Waals surface area contributed by atoms with Crippen molar-refractivity contribution in [2.75, 3.05) is 19.9 Å². The summed E-state index contributed by atoms with van der Waals surface area (Å²) in [4.78, 5) is 14.1. The van der Waals surface area contributed by atoms with Crippen molar-refractivity contribution in [3.63, 3.8) is 0 Å². The highest BCUT2D eigenvalue weighted by Gasteiger charge is 2.26. The number of nitrogens with zero attached hydrogens (tertiary/aromatic N) is 1. The molecule has 1 N–H and O–H groups in total. The van der Waals surface area contributed by atoms with Crippen LogP contribution in [0.4, 0.5) is 0 Å². The van der Waals surface area contributed by atoms with Gasteiger partial charge in [0, 0.05) is 19.8 Å². The van der Waals surface area contributed by atoms with Crippen molar-refractivity contribution in [1.82, 2.24) is 4.90 Å². The number of aliphatic hydroxyl groups is 1. The summed E-state index contributed by atoms with van der Waals surface area (Å²) >= 11 is 1.42. The number of amides is 1. The number of aliphatic hydroxyl groups excluding tert-OH is 1. The van der Waals surface area contributed by atoms with Gasteiger partial charge in [-0.1, -0.05) is 11.8 Å². The lowest BCUT2D eigenvalue weighted by atomic mass is 10.3. The number of hydrogen-bond donors (Lipinski definition) is 1. The van der Waals surface area contributed by atoms with Gasteiger partial charge in [-0.15, -0.1) is 11.3 Å². The number of thiophene rings is 1. The molecule has 0 fully saturated rings. The molecule has 7 heteroatoms. The first-order valence-electron chi connectivity index (χ1n) is 5.86. The highest BCUT2D eigenvalue weighted by Crippen LogP contribution is 2.16. The Morgan fingerprint density at radius 2 is 2.20 bits per heavy atom. The minimum absolute atomic E-state index is 0.197. The molecule has 110 valence electrons. The average Bonchev–Trinajstić information content (AvgIpc) is 2.80. The summed E-state index contributed by atoms with van der Waals surface area (Å²) < 4.78 is 22.7. The fraction of sp³-hybridized carbons (Fsp3) is 0.462. The van der Waals surface area contributed by atoms with Crippen molar-refractivity contribution in [1.29, 1.82) is 0 Å². The number of carbonyl (C=O) groups is 1. The van der Waals surface area contributed by atoms with Crippen molar-refractivity contribution >= 4 is 27.1 Å². The van der Waals surface area contributed by atoms with Crippen molar-refractivity contribution < 1.29 is 18.3 Å². The molecule has 0 aliphatic heterocycles. The van der Waals surface area contributed by atoms with Crippen LogP contribution < -0.4 is 0 Å². The van der Waals surface area contributed by atoms with Crippen LogP contribution in [0.25, 0.3) is 0 Å². The van der Waals surface area contributed by atoms with Gasteiger partial charge in [0.25, 0.3) is 0 Å². The van der Waals surface area contributed by atoms with Crippen LogP contribution in [0.5, 0.6) is 0 Å². The first kappa shape index (κ1) is 16.7. The Hall–Kier alpha value is -1.36. The molecule has 0 aliphatic rings. The normalized spacial score (nSPS) is 12.4. The fourth-order valence-corrected chi connectivity index (χ4v) is 2.81. The van der Waals surface area contributed by atoms with E-state index < -0.39 is 21.0 Å². The molecule has 0 bridgehead atoms. The quantitative estimate of drug-likeness (QED) is 0.820. The van der Waals surface area contributed by atoms with Gasteiger partial charge in [0.2, 0.25) is 5.91 Å². The van der Waals surface area contributed by atoms with Crippen molar-refractivity contribution in [3.8, 4) is 11.8 Å². The largest absolute Gasteiger partial charge is 0.384 e. The van der Waals surface area contributed by atoms with Crippen LogP contribution in [0.15, 0.2) is 11.4 Å². The number of carbonyl (C=O) groups excluding carboxylic acids is 1. The third-order valence-corrected chi connectivity index (χ3v) is 5.11. The first-order valence-corrected chi connectivity index (χ1v) is 8.70. The SMILES string of the molecule is CC(C(=O)N(C)Cc1csc(C#CCO)c1)S(C)(=O)=O. The maximum atomic E-state index is 12.0. The Kier molecular flexibility index (Phi) is 5.74. The zero-order valence-corrected chi connectivity index (χ0v) is 13.2. The van der Waals surface area contributed by atoms with E-state index in [4.69, 9.17) is 5.11 Å². The van der Waals surface area contributed by atoms with E-state index in [9.17, 15) is 13.2 Å². The molecule has 20 heavy (non-hydrogen) atoms. The smallest absolute Gasteiger partial charge is 0.240 e. The molecule has 1 amide bonds. The third kappa shape index (κ3) is 4.63. The van der Waals surface area contributed by atoms with E-state index >= 15 is 0 Å². The van der Waals surface area contributed by atoms with Crippen LogP contribution in [0.1, 0.15) is 17.4 Å². The van der Waals surface area contributed by atoms with Crippen molar-refractivity contribution in [2.24, 2.45) is 0 Å². The lowest BCUT2D eigenvalue weighted by Gasteiger charge is -2.19. The molecule has 0 saturated heterocycles. The van der Waals surface area contributed by atoms with E-state index in [-0.39, 0.29) is 6.61 Å². The molecule has 1 heterocycles. The van der Waals surface area contributed by atoms with E-state index in [1.54, 1.807) is 7.05 Å². The van der Waals surface area contributed by atoms with Gasteiger partial charge in [0.1, 0.15) is 11.9 Å². The topological polar surface area (TPSA) is 74.7 Å². The molecular weight excluding hydrogens is 298 g/mol. The van der Waals surface area contributed by atoms with Crippen LogP contribution in [-0.2, 0) is 21.2 Å². The summed E-state index contributed by atoms with van der Waals surface area (Å²) in [6, 6.07) is 1.82. The summed E-state index contributed by atoms with van der Waals surface area (Å²) in [5, 5.41) is 9.43. The van der Waals surface area contributed by atoms with Gasteiger partial charge in [0.05, 0.1) is 4.88 Å². The molecule has 0 spiro atoms. The maximum absolute atomic E-state index is 12.0. The maximum Gasteiger partial charge on any atom is 0.240 e. The summed E-state index contributed by atoms with van der Waals surface area (Å²) in [7, 11) is -1.81. The van der Waals surface area contributed by atoms with Crippen molar-refractivity contribution in [3.05, 3.63) is 21.9 Å². The second kappa shape index (κ2) is 6.88. The average molecular weight is 315 g/mol. The van der Waals surface area contributed by atoms with Crippen LogP contribution in [-0.4, -0.2) is 49.5 Å². The summed E-state index contributed by atoms with van der Waals surface area (Å²) in [6.45, 7) is 1.52. The Labute approximate surface area is 123 Å². The number of hydrogen-bond acceptors (Lipinski definition) is 5. The predicted molar refractivity (Wildman–Crippen MR) is 79.1 cm³/mol. The van der Waals surface area contributed by atoms with E-state index in [0.717, 1.165) is 16.7 Å². The van der Waals surface area contributed by atoms with E-state index in [1.807, 2.05) is 11.4 Å².